The Kier molecular flexibility index (Phi) is 8.60. The molecule has 0 fully saturated rings. The lowest BCUT2D eigenvalue weighted by atomic mass is 9.93. The summed E-state index contributed by atoms with van der Waals surface area (Å²) in [5, 5.41) is 4.11. The average molecular weight is 521 g/mol. The molecule has 0 aliphatic rings. The van der Waals surface area contributed by atoms with Crippen molar-refractivity contribution in [3.63, 3.8) is 0 Å². The lowest BCUT2D eigenvalue weighted by Gasteiger charge is -2.18. The molecule has 1 N–H and O–H groups in total. The van der Waals surface area contributed by atoms with Crippen LogP contribution in [0.4, 0.5) is 11.6 Å². The minimum atomic E-state index is -0.175. The van der Waals surface area contributed by atoms with E-state index in [-0.39, 0.29) is 5.97 Å². The summed E-state index contributed by atoms with van der Waals surface area (Å²) in [6.45, 7) is 9.33. The summed E-state index contributed by atoms with van der Waals surface area (Å²) in [6.07, 6.45) is 3.09. The number of imidazole rings is 1. The minimum absolute atomic E-state index is 0.175. The molecular formula is C25H31BrClN3O2. The lowest BCUT2D eigenvalue weighted by molar-refractivity contribution is -0.143. The number of nitrogens with one attached hydrogen (secondary N) is 1. The molecule has 5 nitrogen and oxygen atoms in total. The number of ether oxygens (including phenoxy) is 1. The second-order valence-corrected chi connectivity index (χ2v) is 9.21. The molecule has 7 heteroatoms. The van der Waals surface area contributed by atoms with Gasteiger partial charge < -0.3 is 14.6 Å². The number of anilines is 2. The van der Waals surface area contributed by atoms with Crippen LogP contribution in [-0.2, 0) is 16.1 Å². The van der Waals surface area contributed by atoms with E-state index in [4.69, 9.17) is 21.3 Å². The van der Waals surface area contributed by atoms with Crippen molar-refractivity contribution in [2.24, 2.45) is 0 Å². The highest BCUT2D eigenvalue weighted by Gasteiger charge is 2.21. The molecule has 0 aliphatic carbocycles. The van der Waals surface area contributed by atoms with E-state index in [1.54, 1.807) is 0 Å². The molecule has 0 atom stereocenters. The molecule has 32 heavy (non-hydrogen) atoms. The van der Waals surface area contributed by atoms with Gasteiger partial charge in [0.15, 0.2) is 0 Å². The Bertz CT molecular complexity index is 1090. The van der Waals surface area contributed by atoms with E-state index in [1.807, 2.05) is 19.1 Å². The Hall–Kier alpha value is -2.05. The second kappa shape index (κ2) is 11.2. The highest BCUT2D eigenvalue weighted by molar-refractivity contribution is 9.10. The van der Waals surface area contributed by atoms with Crippen molar-refractivity contribution in [3.8, 4) is 0 Å². The number of carbonyl (C=O) groups excluding carboxylic acids is 1. The highest BCUT2D eigenvalue weighted by Crippen LogP contribution is 2.37. The zero-order valence-corrected chi connectivity index (χ0v) is 21.5. The molecule has 0 spiro atoms. The number of halogens is 2. The first-order valence-electron chi connectivity index (χ1n) is 11.3. The Morgan fingerprint density at radius 3 is 2.62 bits per heavy atom. The summed E-state index contributed by atoms with van der Waals surface area (Å²) in [7, 11) is 0. The van der Waals surface area contributed by atoms with Gasteiger partial charge in [0, 0.05) is 17.4 Å². The van der Waals surface area contributed by atoms with E-state index in [9.17, 15) is 4.79 Å². The van der Waals surface area contributed by atoms with Gasteiger partial charge in [-0.3, -0.25) is 4.79 Å². The van der Waals surface area contributed by atoms with Crippen molar-refractivity contribution in [2.45, 2.75) is 65.8 Å². The van der Waals surface area contributed by atoms with E-state index in [2.05, 4.69) is 64.8 Å². The van der Waals surface area contributed by atoms with Crippen LogP contribution in [0.15, 0.2) is 34.8 Å². The number of aromatic nitrogens is 2. The maximum atomic E-state index is 11.9. The SMILES string of the molecule is CCOC(=O)CCCn1c(Nc2ccc(C)cc2Br)nc2c(Cl)ccc(C(CC)CC)c21. The standard InChI is InChI=1S/C25H31BrClN3O2/c1-5-17(6-2)18-11-12-20(27)23-24(18)30(14-8-9-22(31)32-7-3)25(29-23)28-21-13-10-16(4)15-19(21)26/h10-13,15,17H,5-9,14H2,1-4H3,(H,28,29). The Morgan fingerprint density at radius 1 is 1.22 bits per heavy atom. The van der Waals surface area contributed by atoms with Crippen molar-refractivity contribution in [2.75, 3.05) is 11.9 Å². The lowest BCUT2D eigenvalue weighted by Crippen LogP contribution is -2.10. The zero-order valence-electron chi connectivity index (χ0n) is 19.2. The van der Waals surface area contributed by atoms with Gasteiger partial charge in [0.2, 0.25) is 5.95 Å². The number of benzene rings is 2. The Balaban J connectivity index is 2.08. The van der Waals surface area contributed by atoms with Gasteiger partial charge in [0.25, 0.3) is 0 Å². The minimum Gasteiger partial charge on any atom is -0.466 e. The first kappa shape index (κ1) is 24.6. The highest BCUT2D eigenvalue weighted by atomic mass is 79.9. The predicted molar refractivity (Wildman–Crippen MR) is 136 cm³/mol. The quantitative estimate of drug-likeness (QED) is 0.278. The number of carbonyl (C=O) groups is 1. The van der Waals surface area contributed by atoms with Crippen molar-refractivity contribution >= 4 is 56.2 Å². The number of aryl methyl sites for hydroxylation is 2. The maximum absolute atomic E-state index is 11.9. The van der Waals surface area contributed by atoms with Gasteiger partial charge in [-0.15, -0.1) is 0 Å². The van der Waals surface area contributed by atoms with Crippen LogP contribution in [0.25, 0.3) is 11.0 Å². The Labute approximate surface area is 203 Å². The fraction of sp³-hybridized carbons (Fsp3) is 0.440. The number of hydrogen-bond donors (Lipinski definition) is 1. The van der Waals surface area contributed by atoms with Crippen molar-refractivity contribution < 1.29 is 9.53 Å². The van der Waals surface area contributed by atoms with Crippen LogP contribution < -0.4 is 5.32 Å². The first-order chi connectivity index (χ1) is 15.4. The van der Waals surface area contributed by atoms with E-state index in [0.29, 0.717) is 42.9 Å². The average Bonchev–Trinajstić information content (AvgIpc) is 3.12. The summed E-state index contributed by atoms with van der Waals surface area (Å²) >= 11 is 10.2. The zero-order chi connectivity index (χ0) is 23.3. The van der Waals surface area contributed by atoms with Crippen LogP contribution in [0, 0.1) is 6.92 Å². The molecule has 3 aromatic rings. The summed E-state index contributed by atoms with van der Waals surface area (Å²) < 4.78 is 8.24. The smallest absolute Gasteiger partial charge is 0.305 e. The topological polar surface area (TPSA) is 56.1 Å². The molecule has 172 valence electrons. The molecule has 1 heterocycles. The molecule has 0 unspecified atom stereocenters. The molecule has 0 radical (unpaired) electrons. The van der Waals surface area contributed by atoms with Crippen LogP contribution in [-0.4, -0.2) is 22.1 Å². The van der Waals surface area contributed by atoms with Crippen LogP contribution in [0.5, 0.6) is 0 Å². The van der Waals surface area contributed by atoms with Gasteiger partial charge in [-0.2, -0.15) is 0 Å². The summed E-state index contributed by atoms with van der Waals surface area (Å²) in [6, 6.07) is 10.2. The maximum Gasteiger partial charge on any atom is 0.305 e. The van der Waals surface area contributed by atoms with Crippen LogP contribution >= 0.6 is 27.5 Å². The molecule has 0 saturated heterocycles. The molecule has 0 saturated carbocycles. The fourth-order valence-corrected chi connectivity index (χ4v) is 4.85. The summed E-state index contributed by atoms with van der Waals surface area (Å²) in [5.74, 6) is 0.953. The molecule has 0 bridgehead atoms. The number of hydrogen-bond acceptors (Lipinski definition) is 4. The van der Waals surface area contributed by atoms with Crippen LogP contribution in [0.1, 0.15) is 63.5 Å². The number of nitrogens with zero attached hydrogens (tertiary/aromatic N) is 2. The molecule has 2 aromatic carbocycles. The molecule has 3 rings (SSSR count). The second-order valence-electron chi connectivity index (χ2n) is 7.95. The van der Waals surface area contributed by atoms with Gasteiger partial charge in [-0.05, 0) is 84.3 Å². The van der Waals surface area contributed by atoms with Gasteiger partial charge in [-0.25, -0.2) is 4.98 Å². The van der Waals surface area contributed by atoms with Gasteiger partial charge in [0.1, 0.15) is 5.52 Å². The van der Waals surface area contributed by atoms with Gasteiger partial charge >= 0.3 is 5.97 Å². The van der Waals surface area contributed by atoms with E-state index < -0.39 is 0 Å². The molecule has 1 aromatic heterocycles. The third kappa shape index (κ3) is 5.46. The largest absolute Gasteiger partial charge is 0.466 e. The van der Waals surface area contributed by atoms with E-state index in [1.165, 1.54) is 11.1 Å². The monoisotopic (exact) mass is 519 g/mol. The number of rotatable bonds is 10. The van der Waals surface area contributed by atoms with Gasteiger partial charge in [0.05, 0.1) is 22.8 Å². The summed E-state index contributed by atoms with van der Waals surface area (Å²) in [4.78, 5) is 16.8. The molecule has 0 aliphatic heterocycles. The van der Waals surface area contributed by atoms with Crippen LogP contribution in [0.3, 0.4) is 0 Å². The fourth-order valence-electron chi connectivity index (χ4n) is 4.06. The number of fused-ring (bicyclic) bond motifs is 1. The summed E-state index contributed by atoms with van der Waals surface area (Å²) in [5.41, 5.74) is 5.18. The van der Waals surface area contributed by atoms with Crippen molar-refractivity contribution in [1.82, 2.24) is 9.55 Å². The third-order valence-electron chi connectivity index (χ3n) is 5.74. The first-order valence-corrected chi connectivity index (χ1v) is 12.4. The number of esters is 1. The normalized spacial score (nSPS) is 11.3. The van der Waals surface area contributed by atoms with E-state index >= 15 is 0 Å². The van der Waals surface area contributed by atoms with Gasteiger partial charge in [-0.1, -0.05) is 37.6 Å². The van der Waals surface area contributed by atoms with Crippen molar-refractivity contribution in [1.29, 1.82) is 0 Å². The van der Waals surface area contributed by atoms with E-state index in [0.717, 1.165) is 34.0 Å². The molecule has 0 amide bonds. The molecular weight excluding hydrogens is 490 g/mol. The third-order valence-corrected chi connectivity index (χ3v) is 6.70. The Morgan fingerprint density at radius 2 is 1.97 bits per heavy atom. The van der Waals surface area contributed by atoms with Crippen molar-refractivity contribution in [3.05, 3.63) is 51.0 Å². The predicted octanol–water partition coefficient (Wildman–Crippen LogP) is 7.75. The van der Waals surface area contributed by atoms with Crippen LogP contribution in [0.2, 0.25) is 5.02 Å².